The largest absolute Gasteiger partial charge is 0.363 e. The number of hydrogen-bond donors (Lipinski definition) is 1. The molecule has 0 bridgehead atoms. The molecular weight excluding hydrogens is 484 g/mol. The minimum absolute atomic E-state index is 0.176. The van der Waals surface area contributed by atoms with Crippen molar-refractivity contribution in [1.82, 2.24) is 0 Å². The third kappa shape index (κ3) is 3.43. The highest BCUT2D eigenvalue weighted by atomic mass is 15.3. The quantitative estimate of drug-likeness (QED) is 0.237. The Hall–Kier alpha value is -5.08. The number of rotatable bonds is 3. The molecule has 1 heterocycles. The van der Waals surface area contributed by atoms with Gasteiger partial charge in [0.1, 0.15) is 6.17 Å². The van der Waals surface area contributed by atoms with E-state index in [2.05, 4.69) is 157 Å². The van der Waals surface area contributed by atoms with Crippen LogP contribution in [0.15, 0.2) is 140 Å². The zero-order valence-corrected chi connectivity index (χ0v) is 22.3. The van der Waals surface area contributed by atoms with E-state index in [4.69, 9.17) is 0 Å². The second kappa shape index (κ2) is 9.00. The highest BCUT2D eigenvalue weighted by molar-refractivity contribution is 6.23. The summed E-state index contributed by atoms with van der Waals surface area (Å²) in [5.41, 5.74) is 8.67. The van der Waals surface area contributed by atoms with Gasteiger partial charge < -0.3 is 10.2 Å². The maximum absolute atomic E-state index is 3.74. The van der Waals surface area contributed by atoms with Gasteiger partial charge in [0, 0.05) is 5.69 Å². The molecule has 1 aliphatic heterocycles. The maximum Gasteiger partial charge on any atom is 0.101 e. The average Bonchev–Trinajstić information content (AvgIpc) is 3.34. The summed E-state index contributed by atoms with van der Waals surface area (Å²) in [6.07, 6.45) is 0.176. The van der Waals surface area contributed by atoms with Crippen LogP contribution in [-0.4, -0.2) is 6.17 Å². The van der Waals surface area contributed by atoms with Gasteiger partial charge in [-0.25, -0.2) is 0 Å². The predicted molar refractivity (Wildman–Crippen MR) is 171 cm³/mol. The fraction of sp³-hybridized carbons (Fsp3) is 0.0526. The molecule has 2 heteroatoms. The zero-order valence-electron chi connectivity index (χ0n) is 22.3. The lowest BCUT2D eigenvalue weighted by molar-refractivity contribution is 0.843. The summed E-state index contributed by atoms with van der Waals surface area (Å²) in [5.74, 6) is 0. The van der Waals surface area contributed by atoms with E-state index in [9.17, 15) is 0 Å². The number of fused-ring (bicyclic) bond motifs is 4. The Morgan fingerprint density at radius 3 is 1.80 bits per heavy atom. The lowest BCUT2D eigenvalue weighted by Crippen LogP contribution is -2.28. The van der Waals surface area contributed by atoms with Crippen molar-refractivity contribution in [2.75, 3.05) is 10.2 Å². The van der Waals surface area contributed by atoms with E-state index >= 15 is 0 Å². The molecule has 8 rings (SSSR count). The van der Waals surface area contributed by atoms with E-state index in [-0.39, 0.29) is 6.17 Å². The van der Waals surface area contributed by atoms with Crippen LogP contribution in [0.1, 0.15) is 6.92 Å². The van der Waals surface area contributed by atoms with E-state index in [1.54, 1.807) is 0 Å². The second-order valence-electron chi connectivity index (χ2n) is 10.6. The van der Waals surface area contributed by atoms with Crippen LogP contribution >= 0.6 is 0 Å². The van der Waals surface area contributed by atoms with Crippen molar-refractivity contribution < 1.29 is 0 Å². The monoisotopic (exact) mass is 512 g/mol. The number of nitrogens with zero attached hydrogens (tertiary/aromatic N) is 1. The fourth-order valence-corrected chi connectivity index (χ4v) is 6.64. The van der Waals surface area contributed by atoms with E-state index in [1.165, 1.54) is 71.6 Å². The Morgan fingerprint density at radius 2 is 1.10 bits per heavy atom. The van der Waals surface area contributed by atoms with Gasteiger partial charge in [-0.1, -0.05) is 115 Å². The number of anilines is 3. The first kappa shape index (κ1) is 22.9. The molecule has 0 saturated carbocycles. The zero-order chi connectivity index (χ0) is 26.6. The van der Waals surface area contributed by atoms with Crippen LogP contribution < -0.4 is 10.2 Å². The highest BCUT2D eigenvalue weighted by Gasteiger charge is 2.27. The van der Waals surface area contributed by atoms with Crippen molar-refractivity contribution in [3.8, 4) is 22.3 Å². The summed E-state index contributed by atoms with van der Waals surface area (Å²) < 4.78 is 0. The van der Waals surface area contributed by atoms with Gasteiger partial charge in [-0.05, 0) is 85.8 Å². The van der Waals surface area contributed by atoms with Gasteiger partial charge in [0.15, 0.2) is 0 Å². The lowest BCUT2D eigenvalue weighted by atomic mass is 9.84. The van der Waals surface area contributed by atoms with Gasteiger partial charge >= 0.3 is 0 Å². The fourth-order valence-electron chi connectivity index (χ4n) is 6.64. The molecule has 1 unspecified atom stereocenters. The molecule has 0 spiro atoms. The average molecular weight is 513 g/mol. The van der Waals surface area contributed by atoms with Gasteiger partial charge in [-0.3, -0.25) is 0 Å². The van der Waals surface area contributed by atoms with Crippen molar-refractivity contribution >= 4 is 49.4 Å². The van der Waals surface area contributed by atoms with Crippen LogP contribution in [-0.2, 0) is 0 Å². The Labute approximate surface area is 234 Å². The van der Waals surface area contributed by atoms with E-state index < -0.39 is 0 Å². The summed E-state index contributed by atoms with van der Waals surface area (Å²) in [6.45, 7) is 2.22. The van der Waals surface area contributed by atoms with Gasteiger partial charge in [0.25, 0.3) is 0 Å². The molecular formula is C38H28N2. The smallest absolute Gasteiger partial charge is 0.101 e. The first-order chi connectivity index (χ1) is 19.8. The van der Waals surface area contributed by atoms with E-state index in [0.717, 1.165) is 0 Å². The maximum atomic E-state index is 3.74. The summed E-state index contributed by atoms with van der Waals surface area (Å²) >= 11 is 0. The number of nitrogens with one attached hydrogen (secondary N) is 1. The SMILES string of the molecule is CC1Nc2cc(-c3c4ccccc4c(-c4cccc5ccccc45)c4ccccc34)ccc2N1c1ccccc1. The normalized spacial score (nSPS) is 14.5. The number of para-hydroxylation sites is 1. The molecule has 190 valence electrons. The molecule has 0 radical (unpaired) electrons. The van der Waals surface area contributed by atoms with Crippen molar-refractivity contribution in [1.29, 1.82) is 0 Å². The predicted octanol–water partition coefficient (Wildman–Crippen LogP) is 10.4. The molecule has 1 atom stereocenters. The number of benzene rings is 7. The third-order valence-corrected chi connectivity index (χ3v) is 8.32. The summed E-state index contributed by atoms with van der Waals surface area (Å²) in [7, 11) is 0. The first-order valence-corrected chi connectivity index (χ1v) is 13.9. The van der Waals surface area contributed by atoms with Crippen LogP contribution in [0.4, 0.5) is 17.1 Å². The van der Waals surface area contributed by atoms with Crippen molar-refractivity contribution in [3.63, 3.8) is 0 Å². The Morgan fingerprint density at radius 1 is 0.525 bits per heavy atom. The molecule has 0 aromatic heterocycles. The summed E-state index contributed by atoms with van der Waals surface area (Å²) in [4.78, 5) is 2.37. The van der Waals surface area contributed by atoms with Gasteiger partial charge in [-0.2, -0.15) is 0 Å². The van der Waals surface area contributed by atoms with Crippen LogP contribution in [0, 0.1) is 0 Å². The Kier molecular flexibility index (Phi) is 5.14. The van der Waals surface area contributed by atoms with Gasteiger partial charge in [-0.15, -0.1) is 0 Å². The molecule has 1 N–H and O–H groups in total. The number of hydrogen-bond acceptors (Lipinski definition) is 2. The molecule has 7 aromatic carbocycles. The highest BCUT2D eigenvalue weighted by Crippen LogP contribution is 2.47. The summed E-state index contributed by atoms with van der Waals surface area (Å²) in [5, 5.41) is 11.4. The molecule has 40 heavy (non-hydrogen) atoms. The second-order valence-corrected chi connectivity index (χ2v) is 10.6. The van der Waals surface area contributed by atoms with Gasteiger partial charge in [0.2, 0.25) is 0 Å². The molecule has 1 aliphatic rings. The molecule has 0 fully saturated rings. The van der Waals surface area contributed by atoms with Crippen LogP contribution in [0.2, 0.25) is 0 Å². The first-order valence-electron chi connectivity index (χ1n) is 13.9. The molecule has 0 aliphatic carbocycles. The molecule has 0 saturated heterocycles. The molecule has 2 nitrogen and oxygen atoms in total. The molecule has 7 aromatic rings. The van der Waals surface area contributed by atoms with Crippen molar-refractivity contribution in [2.24, 2.45) is 0 Å². The van der Waals surface area contributed by atoms with Crippen molar-refractivity contribution in [2.45, 2.75) is 13.1 Å². The standard InChI is InChI=1S/C38H28N2/c1-25-39-35-24-27(22-23-36(35)40(25)28-14-3-2-4-15-28)37-31-17-7-9-19-33(31)38(34-20-10-8-18-32(34)37)30-21-11-13-26-12-5-6-16-29(26)30/h2-25,39H,1H3. The third-order valence-electron chi connectivity index (χ3n) is 8.32. The minimum atomic E-state index is 0.176. The van der Waals surface area contributed by atoms with E-state index in [1.807, 2.05) is 0 Å². The van der Waals surface area contributed by atoms with Crippen molar-refractivity contribution in [3.05, 3.63) is 140 Å². The van der Waals surface area contributed by atoms with Crippen LogP contribution in [0.3, 0.4) is 0 Å². The topological polar surface area (TPSA) is 15.3 Å². The Bertz CT molecular complexity index is 2000. The van der Waals surface area contributed by atoms with E-state index in [0.29, 0.717) is 0 Å². The van der Waals surface area contributed by atoms with Gasteiger partial charge in [0.05, 0.1) is 11.4 Å². The lowest BCUT2D eigenvalue weighted by Gasteiger charge is -2.24. The minimum Gasteiger partial charge on any atom is -0.363 e. The Balaban J connectivity index is 1.40. The molecule has 0 amide bonds. The van der Waals surface area contributed by atoms with Crippen LogP contribution in [0.25, 0.3) is 54.6 Å². The van der Waals surface area contributed by atoms with Crippen LogP contribution in [0.5, 0.6) is 0 Å². The summed E-state index contributed by atoms with van der Waals surface area (Å²) in [6, 6.07) is 50.7.